The van der Waals surface area contributed by atoms with E-state index in [2.05, 4.69) is 10.6 Å². The van der Waals surface area contributed by atoms with Gasteiger partial charge in [-0.1, -0.05) is 0 Å². The van der Waals surface area contributed by atoms with Gasteiger partial charge in [-0.15, -0.1) is 11.8 Å². The fraction of sp³-hybridized carbons (Fsp3) is 0.316. The standard InChI is InChI=1S/C19H18F4N2O3S/c1-27-15-4-3-12(9-16(15)28-10-19(21,22)23)24-18(26)25-14-6-7-29-17-5-2-11(20)8-13(14)17/h2-5,8-9,14H,6-7,10H2,1H3,(H2,24,25,26). The molecule has 1 aliphatic rings. The zero-order valence-corrected chi connectivity index (χ0v) is 16.1. The Labute approximate surface area is 168 Å². The monoisotopic (exact) mass is 430 g/mol. The van der Waals surface area contributed by atoms with Crippen molar-refractivity contribution in [3.8, 4) is 11.5 Å². The van der Waals surface area contributed by atoms with E-state index in [-0.39, 0.29) is 29.0 Å². The van der Waals surface area contributed by atoms with Gasteiger partial charge in [-0.25, -0.2) is 9.18 Å². The lowest BCUT2D eigenvalue weighted by Crippen LogP contribution is -2.34. The van der Waals surface area contributed by atoms with Crippen LogP contribution in [0.2, 0.25) is 0 Å². The molecular formula is C19H18F4N2O3S. The number of methoxy groups -OCH3 is 1. The topological polar surface area (TPSA) is 59.6 Å². The Hall–Kier alpha value is -2.62. The number of carbonyl (C=O) groups excluding carboxylic acids is 1. The summed E-state index contributed by atoms with van der Waals surface area (Å²) in [6, 6.07) is 7.61. The first-order valence-corrected chi connectivity index (χ1v) is 9.61. The maximum absolute atomic E-state index is 13.6. The highest BCUT2D eigenvalue weighted by atomic mass is 32.2. The lowest BCUT2D eigenvalue weighted by Gasteiger charge is -2.26. The molecule has 2 aromatic carbocycles. The second kappa shape index (κ2) is 8.81. The van der Waals surface area contributed by atoms with Crippen LogP contribution >= 0.6 is 11.8 Å². The summed E-state index contributed by atoms with van der Waals surface area (Å²) >= 11 is 1.58. The van der Waals surface area contributed by atoms with Gasteiger partial charge in [0.1, 0.15) is 5.82 Å². The Kier molecular flexibility index (Phi) is 6.41. The summed E-state index contributed by atoms with van der Waals surface area (Å²) in [5.41, 5.74) is 0.922. The smallest absolute Gasteiger partial charge is 0.422 e. The number of alkyl halides is 3. The van der Waals surface area contributed by atoms with Crippen molar-refractivity contribution in [1.29, 1.82) is 0 Å². The van der Waals surface area contributed by atoms with Crippen LogP contribution in [0.3, 0.4) is 0 Å². The van der Waals surface area contributed by atoms with Crippen molar-refractivity contribution in [3.05, 3.63) is 47.8 Å². The van der Waals surface area contributed by atoms with E-state index in [1.165, 1.54) is 37.4 Å². The van der Waals surface area contributed by atoms with Crippen LogP contribution < -0.4 is 20.1 Å². The second-order valence-electron chi connectivity index (χ2n) is 6.24. The first-order valence-electron chi connectivity index (χ1n) is 8.62. The van der Waals surface area contributed by atoms with Crippen LogP contribution in [0.5, 0.6) is 11.5 Å². The third-order valence-corrected chi connectivity index (χ3v) is 5.25. The van der Waals surface area contributed by atoms with Gasteiger partial charge in [0.25, 0.3) is 0 Å². The quantitative estimate of drug-likeness (QED) is 0.646. The molecule has 1 heterocycles. The predicted octanol–water partition coefficient (Wildman–Crippen LogP) is 5.13. The lowest BCUT2D eigenvalue weighted by molar-refractivity contribution is -0.153. The number of urea groups is 1. The predicted molar refractivity (Wildman–Crippen MR) is 101 cm³/mol. The molecule has 2 aromatic rings. The van der Waals surface area contributed by atoms with Gasteiger partial charge in [-0.3, -0.25) is 0 Å². The van der Waals surface area contributed by atoms with E-state index in [0.29, 0.717) is 12.0 Å². The van der Waals surface area contributed by atoms with Crippen molar-refractivity contribution < 1.29 is 31.8 Å². The molecule has 0 saturated carbocycles. The van der Waals surface area contributed by atoms with Crippen LogP contribution in [0.4, 0.5) is 28.0 Å². The molecule has 1 aliphatic heterocycles. The van der Waals surface area contributed by atoms with E-state index in [4.69, 9.17) is 9.47 Å². The second-order valence-corrected chi connectivity index (χ2v) is 7.38. The maximum Gasteiger partial charge on any atom is 0.422 e. The highest BCUT2D eigenvalue weighted by Gasteiger charge is 2.29. The van der Waals surface area contributed by atoms with E-state index in [0.717, 1.165) is 10.6 Å². The number of amides is 2. The van der Waals surface area contributed by atoms with Crippen LogP contribution in [0, 0.1) is 5.82 Å². The van der Waals surface area contributed by atoms with Crippen LogP contribution in [0.15, 0.2) is 41.3 Å². The van der Waals surface area contributed by atoms with Crippen LogP contribution in [0.1, 0.15) is 18.0 Å². The molecule has 0 fully saturated rings. The summed E-state index contributed by atoms with van der Waals surface area (Å²) in [6.45, 7) is -1.49. The normalized spacial score (nSPS) is 16.0. The van der Waals surface area contributed by atoms with Gasteiger partial charge in [0.05, 0.1) is 13.2 Å². The molecule has 29 heavy (non-hydrogen) atoms. The maximum atomic E-state index is 13.6. The molecule has 0 spiro atoms. The third-order valence-electron chi connectivity index (χ3n) is 4.13. The molecule has 2 N–H and O–H groups in total. The van der Waals surface area contributed by atoms with E-state index in [9.17, 15) is 22.4 Å². The fourth-order valence-electron chi connectivity index (χ4n) is 2.87. The van der Waals surface area contributed by atoms with Crippen molar-refractivity contribution in [1.82, 2.24) is 5.32 Å². The number of anilines is 1. The summed E-state index contributed by atoms with van der Waals surface area (Å²) in [7, 11) is 1.30. The Morgan fingerprint density at radius 3 is 2.72 bits per heavy atom. The van der Waals surface area contributed by atoms with E-state index >= 15 is 0 Å². The summed E-state index contributed by atoms with van der Waals surface area (Å²) in [4.78, 5) is 13.3. The third kappa shape index (κ3) is 5.69. The minimum absolute atomic E-state index is 0.105. The number of rotatable bonds is 5. The molecule has 5 nitrogen and oxygen atoms in total. The number of hydrogen-bond acceptors (Lipinski definition) is 4. The molecule has 0 radical (unpaired) electrons. The molecule has 3 rings (SSSR count). The highest BCUT2D eigenvalue weighted by Crippen LogP contribution is 2.36. The van der Waals surface area contributed by atoms with Crippen LogP contribution in [-0.2, 0) is 0 Å². The van der Waals surface area contributed by atoms with Crippen molar-refractivity contribution in [2.24, 2.45) is 0 Å². The molecule has 10 heteroatoms. The number of carbonyl (C=O) groups is 1. The van der Waals surface area contributed by atoms with Gasteiger partial charge in [-0.2, -0.15) is 13.2 Å². The number of ether oxygens (including phenoxy) is 2. The Morgan fingerprint density at radius 2 is 2.00 bits per heavy atom. The summed E-state index contributed by atoms with van der Waals surface area (Å²) in [6.07, 6.45) is -3.88. The number of halogens is 4. The first-order chi connectivity index (χ1) is 13.7. The zero-order chi connectivity index (χ0) is 21.0. The molecule has 0 saturated heterocycles. The van der Waals surface area contributed by atoms with Gasteiger partial charge < -0.3 is 20.1 Å². The Bertz CT molecular complexity index is 892. The van der Waals surface area contributed by atoms with Crippen LogP contribution in [0.25, 0.3) is 0 Å². The molecule has 0 bridgehead atoms. The highest BCUT2D eigenvalue weighted by molar-refractivity contribution is 7.99. The van der Waals surface area contributed by atoms with Gasteiger partial charge in [0.15, 0.2) is 18.1 Å². The molecule has 1 unspecified atom stereocenters. The SMILES string of the molecule is COc1ccc(NC(=O)NC2CCSc3ccc(F)cc32)cc1OCC(F)(F)F. The van der Waals surface area contributed by atoms with Crippen molar-refractivity contribution >= 4 is 23.5 Å². The van der Waals surface area contributed by atoms with E-state index in [1.807, 2.05) is 0 Å². The van der Waals surface area contributed by atoms with Crippen LogP contribution in [-0.4, -0.2) is 31.7 Å². The summed E-state index contributed by atoms with van der Waals surface area (Å²) in [5, 5.41) is 5.33. The first kappa shape index (κ1) is 21.1. The molecule has 0 aliphatic carbocycles. The number of nitrogens with one attached hydrogen (secondary N) is 2. The average Bonchev–Trinajstić information content (AvgIpc) is 2.66. The fourth-order valence-corrected chi connectivity index (χ4v) is 3.97. The van der Waals surface area contributed by atoms with Gasteiger partial charge >= 0.3 is 12.2 Å². The minimum Gasteiger partial charge on any atom is -0.493 e. The largest absolute Gasteiger partial charge is 0.493 e. The van der Waals surface area contributed by atoms with E-state index in [1.54, 1.807) is 17.8 Å². The number of fused-ring (bicyclic) bond motifs is 1. The molecule has 156 valence electrons. The summed E-state index contributed by atoms with van der Waals surface area (Å²) < 4.78 is 60.6. The minimum atomic E-state index is -4.51. The van der Waals surface area contributed by atoms with Crippen molar-refractivity contribution in [2.45, 2.75) is 23.5 Å². The number of benzene rings is 2. The molecule has 2 amide bonds. The summed E-state index contributed by atoms with van der Waals surface area (Å²) in [5.74, 6) is 0.333. The molecule has 0 aromatic heterocycles. The number of thioether (sulfide) groups is 1. The molecule has 1 atom stereocenters. The van der Waals surface area contributed by atoms with Crippen molar-refractivity contribution in [3.63, 3.8) is 0 Å². The van der Waals surface area contributed by atoms with Gasteiger partial charge in [0, 0.05) is 22.4 Å². The zero-order valence-electron chi connectivity index (χ0n) is 15.3. The van der Waals surface area contributed by atoms with Gasteiger partial charge in [0.2, 0.25) is 0 Å². The molecular weight excluding hydrogens is 412 g/mol. The Morgan fingerprint density at radius 1 is 1.21 bits per heavy atom. The van der Waals surface area contributed by atoms with Gasteiger partial charge in [-0.05, 0) is 42.3 Å². The van der Waals surface area contributed by atoms with Crippen molar-refractivity contribution in [2.75, 3.05) is 24.8 Å². The Balaban J connectivity index is 1.69. The average molecular weight is 430 g/mol. The lowest BCUT2D eigenvalue weighted by atomic mass is 10.0. The number of hydrogen-bond donors (Lipinski definition) is 2. The van der Waals surface area contributed by atoms with E-state index < -0.39 is 18.8 Å².